The highest BCUT2D eigenvalue weighted by molar-refractivity contribution is 6.31. The Morgan fingerprint density at radius 3 is 3.00 bits per heavy atom. The molecule has 0 radical (unpaired) electrons. The quantitative estimate of drug-likeness (QED) is 0.757. The Hall–Kier alpha value is -1.06. The molecule has 0 aromatic heterocycles. The first-order chi connectivity index (χ1) is 8.11. The standard InChI is InChI=1S/C13H16ClNO2/c1-9(16)15-12-4-3-11(14)5-10(6-12)7-13(15)8-17-2/h3-5,13H,6-8H2,1-2H3. The van der Waals surface area contributed by atoms with Crippen molar-refractivity contribution in [1.29, 1.82) is 0 Å². The van der Waals surface area contributed by atoms with E-state index in [-0.39, 0.29) is 11.9 Å². The fourth-order valence-electron chi connectivity index (χ4n) is 2.47. The molecule has 1 fully saturated rings. The smallest absolute Gasteiger partial charge is 0.223 e. The number of rotatable bonds is 2. The minimum absolute atomic E-state index is 0.0590. The Bertz CT molecular complexity index is 423. The zero-order valence-corrected chi connectivity index (χ0v) is 10.8. The lowest BCUT2D eigenvalue weighted by Gasteiger charge is -2.37. The Morgan fingerprint density at radius 2 is 2.35 bits per heavy atom. The second kappa shape index (κ2) is 5.07. The maximum atomic E-state index is 11.7. The van der Waals surface area contributed by atoms with Gasteiger partial charge in [-0.15, -0.1) is 0 Å². The summed E-state index contributed by atoms with van der Waals surface area (Å²) in [4.78, 5) is 13.6. The molecule has 2 bridgehead atoms. The van der Waals surface area contributed by atoms with Crippen LogP contribution in [-0.2, 0) is 9.53 Å². The molecular weight excluding hydrogens is 238 g/mol. The van der Waals surface area contributed by atoms with Crippen LogP contribution in [0.5, 0.6) is 0 Å². The number of likely N-dealkylation sites (tertiary alicyclic amines) is 1. The van der Waals surface area contributed by atoms with Crippen molar-refractivity contribution in [2.45, 2.75) is 25.8 Å². The van der Waals surface area contributed by atoms with Crippen molar-refractivity contribution in [3.05, 3.63) is 34.5 Å². The molecule has 0 saturated carbocycles. The summed E-state index contributed by atoms with van der Waals surface area (Å²) >= 11 is 6.05. The van der Waals surface area contributed by atoms with E-state index in [1.54, 1.807) is 14.0 Å². The summed E-state index contributed by atoms with van der Waals surface area (Å²) in [6, 6.07) is 0.0831. The SMILES string of the molecule is COCC1CC2=CC(Cl)=CC=C(C2)N1C(C)=O. The van der Waals surface area contributed by atoms with Crippen LogP contribution in [0.4, 0.5) is 0 Å². The molecular formula is C13H16ClNO2. The molecule has 2 rings (SSSR count). The molecule has 1 atom stereocenters. The first-order valence-corrected chi connectivity index (χ1v) is 6.04. The molecule has 2 aliphatic rings. The number of ether oxygens (including phenoxy) is 1. The van der Waals surface area contributed by atoms with Crippen molar-refractivity contribution in [1.82, 2.24) is 4.90 Å². The number of piperidine rings is 1. The second-order valence-electron chi connectivity index (χ2n) is 4.39. The first-order valence-electron chi connectivity index (χ1n) is 5.66. The van der Waals surface area contributed by atoms with Gasteiger partial charge in [0.05, 0.1) is 12.6 Å². The molecule has 1 aliphatic carbocycles. The summed E-state index contributed by atoms with van der Waals surface area (Å²) in [5.74, 6) is 0.0590. The van der Waals surface area contributed by atoms with Crippen LogP contribution in [0.3, 0.4) is 0 Å². The van der Waals surface area contributed by atoms with E-state index in [2.05, 4.69) is 0 Å². The van der Waals surface area contributed by atoms with Crippen LogP contribution in [0.2, 0.25) is 0 Å². The molecule has 1 heterocycles. The highest BCUT2D eigenvalue weighted by Crippen LogP contribution is 2.33. The van der Waals surface area contributed by atoms with Gasteiger partial charge in [0.1, 0.15) is 0 Å². The number of nitrogens with zero attached hydrogens (tertiary/aromatic N) is 1. The Balaban J connectivity index is 2.35. The number of hydrogen-bond donors (Lipinski definition) is 0. The first kappa shape index (κ1) is 12.4. The van der Waals surface area contributed by atoms with Crippen molar-refractivity contribution >= 4 is 17.5 Å². The van der Waals surface area contributed by atoms with Gasteiger partial charge in [0.25, 0.3) is 0 Å². The van der Waals surface area contributed by atoms with Gasteiger partial charge < -0.3 is 9.64 Å². The maximum absolute atomic E-state index is 11.7. The van der Waals surface area contributed by atoms with Crippen molar-refractivity contribution in [3.63, 3.8) is 0 Å². The van der Waals surface area contributed by atoms with Crippen LogP contribution >= 0.6 is 11.6 Å². The Labute approximate surface area is 106 Å². The molecule has 17 heavy (non-hydrogen) atoms. The van der Waals surface area contributed by atoms with Crippen molar-refractivity contribution in [2.24, 2.45) is 0 Å². The molecule has 4 heteroatoms. The molecule has 1 aliphatic heterocycles. The Kier molecular flexibility index (Phi) is 3.69. The number of fused-ring (bicyclic) bond motifs is 2. The number of allylic oxidation sites excluding steroid dienone is 5. The number of hydrogen-bond acceptors (Lipinski definition) is 2. The van der Waals surface area contributed by atoms with Gasteiger partial charge in [-0.3, -0.25) is 4.79 Å². The van der Waals surface area contributed by atoms with Gasteiger partial charge in [-0.2, -0.15) is 0 Å². The topological polar surface area (TPSA) is 29.5 Å². The normalized spacial score (nSPS) is 23.6. The van der Waals surface area contributed by atoms with Crippen molar-refractivity contribution in [2.75, 3.05) is 13.7 Å². The predicted molar refractivity (Wildman–Crippen MR) is 67.5 cm³/mol. The van der Waals surface area contributed by atoms with Crippen LogP contribution < -0.4 is 0 Å². The van der Waals surface area contributed by atoms with E-state index in [0.29, 0.717) is 6.61 Å². The van der Waals surface area contributed by atoms with Crippen LogP contribution in [0, 0.1) is 0 Å². The third-order valence-corrected chi connectivity index (χ3v) is 3.29. The zero-order chi connectivity index (χ0) is 12.4. The minimum atomic E-state index is 0.0590. The highest BCUT2D eigenvalue weighted by Gasteiger charge is 2.31. The molecule has 0 aromatic rings. The fourth-order valence-corrected chi connectivity index (χ4v) is 2.69. The predicted octanol–water partition coefficient (Wildman–Crippen LogP) is 2.59. The van der Waals surface area contributed by atoms with E-state index >= 15 is 0 Å². The summed E-state index contributed by atoms with van der Waals surface area (Å²) in [6.45, 7) is 2.14. The van der Waals surface area contributed by atoms with Crippen LogP contribution in [0.15, 0.2) is 34.5 Å². The third kappa shape index (κ3) is 2.61. The van der Waals surface area contributed by atoms with Gasteiger partial charge in [0, 0.05) is 31.2 Å². The van der Waals surface area contributed by atoms with E-state index in [1.165, 1.54) is 5.57 Å². The number of halogens is 1. The summed E-state index contributed by atoms with van der Waals surface area (Å²) in [6.07, 6.45) is 7.39. The summed E-state index contributed by atoms with van der Waals surface area (Å²) < 4.78 is 5.20. The summed E-state index contributed by atoms with van der Waals surface area (Å²) in [5, 5.41) is 0.719. The minimum Gasteiger partial charge on any atom is -0.383 e. The molecule has 1 unspecified atom stereocenters. The van der Waals surface area contributed by atoms with Crippen molar-refractivity contribution in [3.8, 4) is 0 Å². The van der Waals surface area contributed by atoms with E-state index < -0.39 is 0 Å². The van der Waals surface area contributed by atoms with Crippen LogP contribution in [-0.4, -0.2) is 30.6 Å². The number of methoxy groups -OCH3 is 1. The molecule has 0 aromatic carbocycles. The largest absolute Gasteiger partial charge is 0.383 e. The van der Waals surface area contributed by atoms with Gasteiger partial charge >= 0.3 is 0 Å². The average molecular weight is 254 g/mol. The summed E-state index contributed by atoms with van der Waals surface area (Å²) in [7, 11) is 1.66. The number of carbonyl (C=O) groups excluding carboxylic acids is 1. The zero-order valence-electron chi connectivity index (χ0n) is 10.1. The molecule has 3 nitrogen and oxygen atoms in total. The third-order valence-electron chi connectivity index (χ3n) is 3.06. The van der Waals surface area contributed by atoms with Gasteiger partial charge in [0.2, 0.25) is 5.91 Å². The molecule has 0 spiro atoms. The summed E-state index contributed by atoms with van der Waals surface area (Å²) in [5.41, 5.74) is 2.27. The lowest BCUT2D eigenvalue weighted by molar-refractivity contribution is -0.130. The molecule has 1 amide bonds. The maximum Gasteiger partial charge on any atom is 0.223 e. The van der Waals surface area contributed by atoms with Gasteiger partial charge in [-0.1, -0.05) is 17.2 Å². The molecule has 1 saturated heterocycles. The van der Waals surface area contributed by atoms with E-state index in [0.717, 1.165) is 23.6 Å². The van der Waals surface area contributed by atoms with Gasteiger partial charge in [0.15, 0.2) is 0 Å². The van der Waals surface area contributed by atoms with Crippen molar-refractivity contribution < 1.29 is 9.53 Å². The lowest BCUT2D eigenvalue weighted by Crippen LogP contribution is -2.44. The molecule has 92 valence electrons. The highest BCUT2D eigenvalue weighted by atomic mass is 35.5. The second-order valence-corrected chi connectivity index (χ2v) is 4.83. The van der Waals surface area contributed by atoms with E-state index in [4.69, 9.17) is 16.3 Å². The van der Waals surface area contributed by atoms with Crippen LogP contribution in [0.25, 0.3) is 0 Å². The van der Waals surface area contributed by atoms with Gasteiger partial charge in [-0.05, 0) is 24.6 Å². The Morgan fingerprint density at radius 1 is 1.59 bits per heavy atom. The van der Waals surface area contributed by atoms with Crippen LogP contribution in [0.1, 0.15) is 19.8 Å². The van der Waals surface area contributed by atoms with E-state index in [1.807, 2.05) is 23.1 Å². The average Bonchev–Trinajstić information content (AvgIpc) is 2.38. The van der Waals surface area contributed by atoms with E-state index in [9.17, 15) is 4.79 Å². The fraction of sp³-hybridized carbons (Fsp3) is 0.462. The lowest BCUT2D eigenvalue weighted by atomic mass is 9.94. The monoisotopic (exact) mass is 253 g/mol. The molecule has 0 N–H and O–H groups in total. The number of carbonyl (C=O) groups is 1. The van der Waals surface area contributed by atoms with Gasteiger partial charge in [-0.25, -0.2) is 0 Å². The number of amides is 1.